The molecule has 3 atom stereocenters. The van der Waals surface area contributed by atoms with Crippen LogP contribution in [0, 0.1) is 5.92 Å². The van der Waals surface area contributed by atoms with Crippen LogP contribution in [-0.4, -0.2) is 75.4 Å². The summed E-state index contributed by atoms with van der Waals surface area (Å²) in [5, 5.41) is 2.75. The molecule has 3 aliphatic heterocycles. The number of anilines is 1. The Morgan fingerprint density at radius 3 is 2.40 bits per heavy atom. The number of urea groups is 1. The zero-order valence-electron chi connectivity index (χ0n) is 23.9. The largest absolute Gasteiger partial charge is 0.342 e. The van der Waals surface area contributed by atoms with E-state index in [1.165, 1.54) is 5.56 Å². The molecule has 4 amide bonds. The first-order chi connectivity index (χ1) is 19.3. The number of nitrogens with one attached hydrogen (secondary N) is 1. The van der Waals surface area contributed by atoms with Crippen LogP contribution in [0.25, 0.3) is 0 Å². The molecule has 2 unspecified atom stereocenters. The van der Waals surface area contributed by atoms with Gasteiger partial charge in [0.1, 0.15) is 0 Å². The SMILES string of the molecule is CC(C)CCN1C(=O)C(CC(=O)N2CCC(N3CCc4ccccc4NC3=O)CC2)SC1[C@@H](C)c1ccccc1. The number of carbonyl (C=O) groups is 3. The highest BCUT2D eigenvalue weighted by molar-refractivity contribution is 8.01. The van der Waals surface area contributed by atoms with Crippen LogP contribution in [-0.2, 0) is 16.0 Å². The predicted octanol–water partition coefficient (Wildman–Crippen LogP) is 5.58. The normalized spacial score (nSPS) is 22.8. The number of hydrogen-bond acceptors (Lipinski definition) is 4. The second-order valence-electron chi connectivity index (χ2n) is 11.8. The molecule has 40 heavy (non-hydrogen) atoms. The van der Waals surface area contributed by atoms with Gasteiger partial charge in [0.05, 0.1) is 10.6 Å². The molecule has 7 nitrogen and oxygen atoms in total. The van der Waals surface area contributed by atoms with Crippen molar-refractivity contribution in [2.45, 2.75) is 75.5 Å². The van der Waals surface area contributed by atoms with Gasteiger partial charge in [-0.3, -0.25) is 9.59 Å². The highest BCUT2D eigenvalue weighted by Crippen LogP contribution is 2.42. The van der Waals surface area contributed by atoms with Crippen LogP contribution in [0.15, 0.2) is 54.6 Å². The van der Waals surface area contributed by atoms with Crippen molar-refractivity contribution in [3.8, 4) is 0 Å². The number of rotatable bonds is 8. The fourth-order valence-electron chi connectivity index (χ4n) is 6.14. The molecule has 0 bridgehead atoms. The minimum Gasteiger partial charge on any atom is -0.342 e. The summed E-state index contributed by atoms with van der Waals surface area (Å²) in [6.45, 7) is 9.20. The van der Waals surface area contributed by atoms with Crippen LogP contribution in [0.1, 0.15) is 63.5 Å². The van der Waals surface area contributed by atoms with E-state index in [-0.39, 0.29) is 46.8 Å². The number of carbonyl (C=O) groups excluding carboxylic acids is 3. The second-order valence-corrected chi connectivity index (χ2v) is 13.1. The maximum atomic E-state index is 13.6. The Labute approximate surface area is 242 Å². The lowest BCUT2D eigenvalue weighted by Crippen LogP contribution is -2.50. The number of piperidine rings is 1. The zero-order valence-corrected chi connectivity index (χ0v) is 24.7. The number of benzene rings is 2. The number of nitrogens with zero attached hydrogens (tertiary/aromatic N) is 3. The van der Waals surface area contributed by atoms with E-state index >= 15 is 0 Å². The van der Waals surface area contributed by atoms with Crippen LogP contribution < -0.4 is 5.32 Å². The van der Waals surface area contributed by atoms with Gasteiger partial charge in [0.2, 0.25) is 11.8 Å². The van der Waals surface area contributed by atoms with Crippen LogP contribution in [0.4, 0.5) is 10.5 Å². The molecule has 3 aliphatic rings. The molecular formula is C32H42N4O3S. The summed E-state index contributed by atoms with van der Waals surface area (Å²) < 4.78 is 0. The summed E-state index contributed by atoms with van der Waals surface area (Å²) in [5.41, 5.74) is 3.27. The molecule has 3 heterocycles. The summed E-state index contributed by atoms with van der Waals surface area (Å²) in [4.78, 5) is 45.8. The molecule has 2 aromatic rings. The third-order valence-corrected chi connectivity index (χ3v) is 10.3. The quantitative estimate of drug-likeness (QED) is 0.456. The van der Waals surface area contributed by atoms with Crippen molar-refractivity contribution in [2.24, 2.45) is 5.92 Å². The Bertz CT molecular complexity index is 1200. The predicted molar refractivity (Wildman–Crippen MR) is 161 cm³/mol. The fourth-order valence-corrected chi connectivity index (χ4v) is 7.72. The Morgan fingerprint density at radius 2 is 1.68 bits per heavy atom. The van der Waals surface area contributed by atoms with Gasteiger partial charge in [0.25, 0.3) is 0 Å². The lowest BCUT2D eigenvalue weighted by molar-refractivity contribution is -0.137. The van der Waals surface area contributed by atoms with E-state index in [9.17, 15) is 14.4 Å². The van der Waals surface area contributed by atoms with Crippen molar-refractivity contribution in [2.75, 3.05) is 31.5 Å². The molecule has 5 rings (SSSR count). The average Bonchev–Trinajstić information content (AvgIpc) is 3.16. The van der Waals surface area contributed by atoms with Crippen molar-refractivity contribution < 1.29 is 14.4 Å². The third-order valence-electron chi connectivity index (χ3n) is 8.63. The molecule has 2 aromatic carbocycles. The summed E-state index contributed by atoms with van der Waals surface area (Å²) in [6, 6.07) is 18.4. The highest BCUT2D eigenvalue weighted by atomic mass is 32.2. The summed E-state index contributed by atoms with van der Waals surface area (Å²) in [5.74, 6) is 0.841. The van der Waals surface area contributed by atoms with E-state index in [0.29, 0.717) is 25.6 Å². The number of fused-ring (bicyclic) bond motifs is 1. The summed E-state index contributed by atoms with van der Waals surface area (Å²) in [6.07, 6.45) is 3.54. The minimum absolute atomic E-state index is 0.0304. The van der Waals surface area contributed by atoms with Gasteiger partial charge in [0, 0.05) is 50.2 Å². The monoisotopic (exact) mass is 562 g/mol. The minimum atomic E-state index is -0.344. The van der Waals surface area contributed by atoms with Crippen molar-refractivity contribution >= 4 is 35.3 Å². The van der Waals surface area contributed by atoms with Crippen molar-refractivity contribution in [1.29, 1.82) is 0 Å². The van der Waals surface area contributed by atoms with Crippen LogP contribution in [0.3, 0.4) is 0 Å². The van der Waals surface area contributed by atoms with Gasteiger partial charge in [-0.15, -0.1) is 11.8 Å². The van der Waals surface area contributed by atoms with Crippen LogP contribution >= 0.6 is 11.8 Å². The molecule has 0 radical (unpaired) electrons. The molecule has 0 aliphatic carbocycles. The first-order valence-corrected chi connectivity index (χ1v) is 15.7. The van der Waals surface area contributed by atoms with Gasteiger partial charge >= 0.3 is 6.03 Å². The smallest absolute Gasteiger partial charge is 0.322 e. The first-order valence-electron chi connectivity index (χ1n) is 14.8. The Hall–Kier alpha value is -3.00. The molecule has 0 spiro atoms. The van der Waals surface area contributed by atoms with Crippen molar-refractivity contribution in [3.63, 3.8) is 0 Å². The average molecular weight is 563 g/mol. The molecular weight excluding hydrogens is 520 g/mol. The lowest BCUT2D eigenvalue weighted by atomic mass is 9.99. The topological polar surface area (TPSA) is 73.0 Å². The molecule has 0 saturated carbocycles. The molecule has 2 fully saturated rings. The Morgan fingerprint density at radius 1 is 0.975 bits per heavy atom. The van der Waals surface area contributed by atoms with Gasteiger partial charge in [-0.05, 0) is 48.8 Å². The fraction of sp³-hybridized carbons (Fsp3) is 0.531. The van der Waals surface area contributed by atoms with Gasteiger partial charge in [0.15, 0.2) is 0 Å². The molecule has 214 valence electrons. The highest BCUT2D eigenvalue weighted by Gasteiger charge is 2.44. The maximum Gasteiger partial charge on any atom is 0.322 e. The van der Waals surface area contributed by atoms with Crippen molar-refractivity contribution in [3.05, 3.63) is 65.7 Å². The van der Waals surface area contributed by atoms with Crippen LogP contribution in [0.5, 0.6) is 0 Å². The van der Waals surface area contributed by atoms with E-state index in [1.54, 1.807) is 11.8 Å². The molecule has 0 aromatic heterocycles. The number of hydrogen-bond donors (Lipinski definition) is 1. The van der Waals surface area contributed by atoms with Gasteiger partial charge < -0.3 is 20.0 Å². The van der Waals surface area contributed by atoms with Gasteiger partial charge in [-0.1, -0.05) is 69.3 Å². The first kappa shape index (κ1) is 28.5. The van der Waals surface area contributed by atoms with Gasteiger partial charge in [-0.25, -0.2) is 4.79 Å². The number of amides is 4. The molecule has 2 saturated heterocycles. The van der Waals surface area contributed by atoms with E-state index in [0.717, 1.165) is 43.5 Å². The number of likely N-dealkylation sites (tertiary alicyclic amines) is 1. The van der Waals surface area contributed by atoms with E-state index in [2.05, 4.69) is 44.3 Å². The van der Waals surface area contributed by atoms with Gasteiger partial charge in [-0.2, -0.15) is 0 Å². The molecule has 8 heteroatoms. The van der Waals surface area contributed by atoms with Crippen molar-refractivity contribution in [1.82, 2.24) is 14.7 Å². The summed E-state index contributed by atoms with van der Waals surface area (Å²) >= 11 is 1.66. The maximum absolute atomic E-state index is 13.6. The summed E-state index contributed by atoms with van der Waals surface area (Å²) in [7, 11) is 0. The standard InChI is InChI=1S/C32H42N4O3S/c1-22(2)13-19-36-30(38)28(40-31(36)23(3)24-9-5-4-6-10-24)21-29(37)34-17-15-26(16-18-34)35-20-14-25-11-7-8-12-27(25)33-32(35)39/h4-12,22-23,26,28,31H,13-21H2,1-3H3,(H,33,39)/t23-,28?,31?/m0/s1. The van der Waals surface area contributed by atoms with E-state index in [1.807, 2.05) is 51.1 Å². The van der Waals surface area contributed by atoms with Crippen LogP contribution in [0.2, 0.25) is 0 Å². The number of para-hydroxylation sites is 1. The van der Waals surface area contributed by atoms with E-state index in [4.69, 9.17) is 0 Å². The van der Waals surface area contributed by atoms with E-state index < -0.39 is 0 Å². The lowest BCUT2D eigenvalue weighted by Gasteiger charge is -2.38. The number of thioether (sulfide) groups is 1. The third kappa shape index (κ3) is 6.32. The Balaban J connectivity index is 1.18. The molecule has 1 N–H and O–H groups in total. The zero-order chi connectivity index (χ0) is 28.2. The Kier molecular flexibility index (Phi) is 9.03. The second kappa shape index (κ2) is 12.7.